The van der Waals surface area contributed by atoms with Crippen LogP contribution in [0.3, 0.4) is 0 Å². The van der Waals surface area contributed by atoms with Gasteiger partial charge in [0.2, 0.25) is 0 Å². The first kappa shape index (κ1) is 26.0. The molecule has 0 bridgehead atoms. The minimum atomic E-state index is -4.57. The second kappa shape index (κ2) is 10.7. The minimum absolute atomic E-state index is 0.0689. The molecule has 0 spiro atoms. The van der Waals surface area contributed by atoms with Gasteiger partial charge in [-0.2, -0.15) is 13.2 Å². The smallest absolute Gasteiger partial charge is 0.378 e. The maximum absolute atomic E-state index is 14.7. The van der Waals surface area contributed by atoms with Crippen molar-refractivity contribution in [2.45, 2.75) is 6.18 Å². The molecule has 1 aromatic heterocycles. The van der Waals surface area contributed by atoms with E-state index in [-0.39, 0.29) is 22.5 Å². The molecular formula is C27H21F4N5O3. The van der Waals surface area contributed by atoms with Gasteiger partial charge in [-0.1, -0.05) is 6.07 Å². The molecule has 12 heteroatoms. The number of aromatic nitrogens is 2. The second-order valence-corrected chi connectivity index (χ2v) is 8.71. The third-order valence-corrected chi connectivity index (χ3v) is 6.04. The molecule has 2 amide bonds. The molecule has 5 rings (SSSR count). The average molecular weight is 539 g/mol. The number of halogens is 4. The normalized spacial score (nSPS) is 13.8. The van der Waals surface area contributed by atoms with Gasteiger partial charge in [0.1, 0.15) is 11.6 Å². The largest absolute Gasteiger partial charge is 0.416 e. The number of alkyl halides is 3. The summed E-state index contributed by atoms with van der Waals surface area (Å²) in [7, 11) is 0. The average Bonchev–Trinajstić information content (AvgIpc) is 2.93. The first-order valence-corrected chi connectivity index (χ1v) is 11.9. The highest BCUT2D eigenvalue weighted by Gasteiger charge is 2.30. The molecule has 0 unspecified atom stereocenters. The first-order valence-electron chi connectivity index (χ1n) is 11.9. The van der Waals surface area contributed by atoms with E-state index < -0.39 is 29.4 Å². The monoisotopic (exact) mass is 539 g/mol. The van der Waals surface area contributed by atoms with E-state index in [9.17, 15) is 27.2 Å². The molecule has 0 atom stereocenters. The number of benzene rings is 3. The molecule has 2 N–H and O–H groups in total. The molecule has 0 aliphatic carbocycles. The van der Waals surface area contributed by atoms with E-state index >= 15 is 0 Å². The Morgan fingerprint density at radius 1 is 0.897 bits per heavy atom. The van der Waals surface area contributed by atoms with Crippen molar-refractivity contribution in [1.82, 2.24) is 9.97 Å². The van der Waals surface area contributed by atoms with Gasteiger partial charge in [0.25, 0.3) is 0 Å². The zero-order chi connectivity index (χ0) is 27.6. The summed E-state index contributed by atoms with van der Waals surface area (Å²) >= 11 is 0. The lowest BCUT2D eigenvalue weighted by Crippen LogP contribution is -2.36. The molecule has 0 saturated carbocycles. The summed E-state index contributed by atoms with van der Waals surface area (Å²) in [6, 6.07) is 11.3. The van der Waals surface area contributed by atoms with Gasteiger partial charge in [0.15, 0.2) is 5.78 Å². The van der Waals surface area contributed by atoms with Crippen LogP contribution in [-0.2, 0) is 10.9 Å². The molecule has 0 radical (unpaired) electrons. The van der Waals surface area contributed by atoms with Gasteiger partial charge in [-0.15, -0.1) is 0 Å². The molecule has 1 aliphatic heterocycles. The number of hydrogen-bond donors (Lipinski definition) is 2. The van der Waals surface area contributed by atoms with Crippen LogP contribution in [0.2, 0.25) is 0 Å². The predicted molar refractivity (Wildman–Crippen MR) is 136 cm³/mol. The number of ether oxygens (including phenoxy) is 1. The maximum atomic E-state index is 14.7. The van der Waals surface area contributed by atoms with Crippen molar-refractivity contribution in [2.75, 3.05) is 41.8 Å². The van der Waals surface area contributed by atoms with Gasteiger partial charge in [-0.05, 0) is 54.6 Å². The SMILES string of the molecule is O=C(Nc1cccc(C(F)(F)F)c1)Nc1ccc(F)c(C(=O)c2ccc3ncc(N4CCOCC4)nc3c2)c1. The first-order chi connectivity index (χ1) is 18.7. The fourth-order valence-electron chi connectivity index (χ4n) is 4.09. The fourth-order valence-corrected chi connectivity index (χ4v) is 4.09. The van der Waals surface area contributed by atoms with E-state index in [1.54, 1.807) is 12.3 Å². The highest BCUT2D eigenvalue weighted by Crippen LogP contribution is 2.30. The number of carbonyl (C=O) groups excluding carboxylic acids is 2. The summed E-state index contributed by atoms with van der Waals surface area (Å²) < 4.78 is 58.8. The quantitative estimate of drug-likeness (QED) is 0.257. The Balaban J connectivity index is 1.34. The Labute approximate surface area is 219 Å². The van der Waals surface area contributed by atoms with Crippen molar-refractivity contribution >= 4 is 40.0 Å². The van der Waals surface area contributed by atoms with Crippen molar-refractivity contribution in [2.24, 2.45) is 0 Å². The summed E-state index contributed by atoms with van der Waals surface area (Å²) in [5.41, 5.74) is -0.0596. The van der Waals surface area contributed by atoms with Crippen molar-refractivity contribution in [1.29, 1.82) is 0 Å². The van der Waals surface area contributed by atoms with Crippen molar-refractivity contribution in [3.63, 3.8) is 0 Å². The highest BCUT2D eigenvalue weighted by atomic mass is 19.4. The van der Waals surface area contributed by atoms with Crippen LogP contribution < -0.4 is 15.5 Å². The lowest BCUT2D eigenvalue weighted by atomic mass is 10.0. The highest BCUT2D eigenvalue weighted by molar-refractivity contribution is 6.11. The van der Waals surface area contributed by atoms with Crippen LogP contribution in [0.4, 0.5) is 39.5 Å². The lowest BCUT2D eigenvalue weighted by molar-refractivity contribution is -0.137. The maximum Gasteiger partial charge on any atom is 0.416 e. The number of nitrogens with zero attached hydrogens (tertiary/aromatic N) is 3. The van der Waals surface area contributed by atoms with E-state index in [0.29, 0.717) is 43.2 Å². The molecule has 3 aromatic carbocycles. The number of morpholine rings is 1. The van der Waals surface area contributed by atoms with Crippen LogP contribution in [0, 0.1) is 5.82 Å². The molecule has 2 heterocycles. The lowest BCUT2D eigenvalue weighted by Gasteiger charge is -2.27. The van der Waals surface area contributed by atoms with Gasteiger partial charge in [-0.3, -0.25) is 9.78 Å². The third-order valence-electron chi connectivity index (χ3n) is 6.04. The molecule has 4 aromatic rings. The van der Waals surface area contributed by atoms with E-state index in [1.807, 2.05) is 4.90 Å². The molecule has 200 valence electrons. The van der Waals surface area contributed by atoms with Gasteiger partial charge < -0.3 is 20.3 Å². The van der Waals surface area contributed by atoms with Crippen LogP contribution >= 0.6 is 0 Å². The number of carbonyl (C=O) groups is 2. The van der Waals surface area contributed by atoms with Crippen LogP contribution in [0.15, 0.2) is 66.9 Å². The second-order valence-electron chi connectivity index (χ2n) is 8.71. The third kappa shape index (κ3) is 5.96. The number of anilines is 3. The minimum Gasteiger partial charge on any atom is -0.378 e. The van der Waals surface area contributed by atoms with Crippen LogP contribution in [0.1, 0.15) is 21.5 Å². The standard InChI is InChI=1S/C27H21F4N5O3/c28-21-6-5-19(34-26(38)33-18-3-1-2-17(13-18)27(29,30)31)14-20(21)25(37)16-4-7-22-23(12-16)35-24(15-32-22)36-8-10-39-11-9-36/h1-7,12-15H,8-11H2,(H2,33,34,38). The number of hydrogen-bond acceptors (Lipinski definition) is 6. The number of fused-ring (bicyclic) bond motifs is 1. The Kier molecular flexibility index (Phi) is 7.11. The zero-order valence-electron chi connectivity index (χ0n) is 20.3. The van der Waals surface area contributed by atoms with Crippen LogP contribution in [0.25, 0.3) is 11.0 Å². The van der Waals surface area contributed by atoms with Crippen LogP contribution in [-0.4, -0.2) is 48.1 Å². The van der Waals surface area contributed by atoms with E-state index in [1.165, 1.54) is 24.3 Å². The summed E-state index contributed by atoms with van der Waals surface area (Å²) in [5.74, 6) is -0.813. The van der Waals surface area contributed by atoms with E-state index in [0.717, 1.165) is 30.3 Å². The molecule has 1 fully saturated rings. The van der Waals surface area contributed by atoms with Gasteiger partial charge in [0, 0.05) is 30.0 Å². The number of amides is 2. The van der Waals surface area contributed by atoms with Gasteiger partial charge in [-0.25, -0.2) is 14.2 Å². The predicted octanol–water partition coefficient (Wildman–Crippen LogP) is 5.50. The fraction of sp³-hybridized carbons (Fsp3) is 0.185. The summed E-state index contributed by atoms with van der Waals surface area (Å²) in [6.45, 7) is 2.45. The van der Waals surface area contributed by atoms with Gasteiger partial charge >= 0.3 is 12.2 Å². The van der Waals surface area contributed by atoms with E-state index in [2.05, 4.69) is 20.6 Å². The zero-order valence-corrected chi connectivity index (χ0v) is 20.3. The number of rotatable bonds is 5. The Hall–Kier alpha value is -4.58. The summed E-state index contributed by atoms with van der Waals surface area (Å²) in [6.07, 6.45) is -2.92. The van der Waals surface area contributed by atoms with Crippen LogP contribution in [0.5, 0.6) is 0 Å². The van der Waals surface area contributed by atoms with Crippen molar-refractivity contribution in [3.05, 3.63) is 89.4 Å². The molecule has 39 heavy (non-hydrogen) atoms. The molecular weight excluding hydrogens is 518 g/mol. The molecule has 1 saturated heterocycles. The topological polar surface area (TPSA) is 96.5 Å². The van der Waals surface area contributed by atoms with Crippen molar-refractivity contribution < 1.29 is 31.9 Å². The Morgan fingerprint density at radius 2 is 1.64 bits per heavy atom. The number of urea groups is 1. The van der Waals surface area contributed by atoms with Gasteiger partial charge in [0.05, 0.1) is 41.6 Å². The number of nitrogens with one attached hydrogen (secondary N) is 2. The Morgan fingerprint density at radius 3 is 2.38 bits per heavy atom. The molecule has 8 nitrogen and oxygen atoms in total. The summed E-state index contributed by atoms with van der Waals surface area (Å²) in [4.78, 5) is 36.6. The Bertz CT molecular complexity index is 1550. The molecule has 1 aliphatic rings. The summed E-state index contributed by atoms with van der Waals surface area (Å²) in [5, 5.41) is 4.70. The van der Waals surface area contributed by atoms with E-state index in [4.69, 9.17) is 4.74 Å². The number of ketones is 1. The van der Waals surface area contributed by atoms with Crippen molar-refractivity contribution in [3.8, 4) is 0 Å².